The Balaban J connectivity index is 0.00000385. The first-order valence-electron chi connectivity index (χ1n) is 12.4. The number of nitrogens with zero attached hydrogens (tertiary/aromatic N) is 4. The van der Waals surface area contributed by atoms with Gasteiger partial charge in [-0.2, -0.15) is 0 Å². The van der Waals surface area contributed by atoms with E-state index in [9.17, 15) is 0 Å². The lowest BCUT2D eigenvalue weighted by atomic mass is 10.1. The van der Waals surface area contributed by atoms with Crippen LogP contribution in [0.4, 0.5) is 0 Å². The number of likely N-dealkylation sites (tertiary alicyclic amines) is 1. The molecular weight excluding hydrogens is 527 g/mol. The summed E-state index contributed by atoms with van der Waals surface area (Å²) in [4.78, 5) is 12.2. The molecule has 2 saturated heterocycles. The lowest BCUT2D eigenvalue weighted by molar-refractivity contribution is 0.00534. The Morgan fingerprint density at radius 2 is 1.82 bits per heavy atom. The molecule has 2 aliphatic heterocycles. The van der Waals surface area contributed by atoms with Gasteiger partial charge in [0.15, 0.2) is 5.96 Å². The summed E-state index contributed by atoms with van der Waals surface area (Å²) in [5, 5.41) is 6.85. The molecule has 0 spiro atoms. The molecule has 0 aromatic heterocycles. The summed E-state index contributed by atoms with van der Waals surface area (Å²) in [5.41, 5.74) is 1.40. The molecule has 188 valence electrons. The molecule has 1 atom stereocenters. The van der Waals surface area contributed by atoms with Gasteiger partial charge in [0.2, 0.25) is 0 Å². The number of hydrogen-bond acceptors (Lipinski definition) is 5. The quantitative estimate of drug-likeness (QED) is 0.195. The Hall–Kier alpha value is -0.940. The minimum absolute atomic E-state index is 0. The highest BCUT2D eigenvalue weighted by Gasteiger charge is 2.22. The number of aliphatic imine (C=N–C) groups is 1. The van der Waals surface area contributed by atoms with Crippen molar-refractivity contribution < 1.29 is 4.74 Å². The van der Waals surface area contributed by atoms with Crippen molar-refractivity contribution in [2.24, 2.45) is 4.99 Å². The molecule has 33 heavy (non-hydrogen) atoms. The van der Waals surface area contributed by atoms with Crippen molar-refractivity contribution in [3.63, 3.8) is 0 Å². The van der Waals surface area contributed by atoms with Gasteiger partial charge in [0.1, 0.15) is 0 Å². The molecule has 3 rings (SSSR count). The van der Waals surface area contributed by atoms with Crippen molar-refractivity contribution in [2.45, 2.75) is 44.9 Å². The number of hydrogen-bond donors (Lipinski definition) is 2. The van der Waals surface area contributed by atoms with E-state index < -0.39 is 0 Å². The van der Waals surface area contributed by atoms with Crippen LogP contribution in [0, 0.1) is 0 Å². The lowest BCUT2D eigenvalue weighted by Crippen LogP contribution is -2.51. The molecule has 2 heterocycles. The van der Waals surface area contributed by atoms with Crippen LogP contribution in [0.2, 0.25) is 0 Å². The van der Waals surface area contributed by atoms with Crippen molar-refractivity contribution in [2.75, 3.05) is 73.1 Å². The lowest BCUT2D eigenvalue weighted by Gasteiger charge is -2.36. The third kappa shape index (κ3) is 10.5. The highest BCUT2D eigenvalue weighted by molar-refractivity contribution is 14.0. The van der Waals surface area contributed by atoms with E-state index in [1.54, 1.807) is 0 Å². The van der Waals surface area contributed by atoms with E-state index in [0.717, 1.165) is 90.7 Å². The number of piperazine rings is 1. The fourth-order valence-corrected chi connectivity index (χ4v) is 4.44. The molecule has 2 aliphatic rings. The van der Waals surface area contributed by atoms with Gasteiger partial charge in [-0.25, -0.2) is 0 Å². The van der Waals surface area contributed by atoms with Crippen LogP contribution in [0.5, 0.6) is 0 Å². The first-order valence-corrected chi connectivity index (χ1v) is 12.4. The van der Waals surface area contributed by atoms with Gasteiger partial charge in [-0.1, -0.05) is 30.3 Å². The largest absolute Gasteiger partial charge is 0.378 e. The second-order valence-corrected chi connectivity index (χ2v) is 9.23. The molecular formula is C25H45IN6O. The van der Waals surface area contributed by atoms with Crippen molar-refractivity contribution in [3.05, 3.63) is 35.9 Å². The summed E-state index contributed by atoms with van der Waals surface area (Å²) in [5.74, 6) is 0.920. The van der Waals surface area contributed by atoms with E-state index in [0.29, 0.717) is 12.1 Å². The Bertz CT molecular complexity index is 668. The molecule has 0 saturated carbocycles. The van der Waals surface area contributed by atoms with Gasteiger partial charge in [0.05, 0.1) is 12.6 Å². The minimum atomic E-state index is 0. The number of ether oxygens (including phenoxy) is 1. The summed E-state index contributed by atoms with van der Waals surface area (Å²) >= 11 is 0. The zero-order valence-electron chi connectivity index (χ0n) is 20.8. The number of piperidine rings is 1. The van der Waals surface area contributed by atoms with Crippen LogP contribution >= 0.6 is 24.0 Å². The van der Waals surface area contributed by atoms with Crippen molar-refractivity contribution >= 4 is 29.9 Å². The monoisotopic (exact) mass is 572 g/mol. The van der Waals surface area contributed by atoms with Gasteiger partial charge < -0.3 is 20.3 Å². The van der Waals surface area contributed by atoms with Gasteiger partial charge in [0.25, 0.3) is 0 Å². The molecule has 0 amide bonds. The molecule has 8 heteroatoms. The first-order chi connectivity index (χ1) is 15.6. The highest BCUT2D eigenvalue weighted by atomic mass is 127. The SMILES string of the molecule is CCNC(=NCC1CN(C)CCN1C)NCCCOC1CCN(Cc2ccccc2)CC1.I. The molecule has 1 aromatic rings. The standard InChI is InChI=1S/C25H44N6O.HI/c1-4-26-25(28-19-23-21-29(2)16-17-30(23)3)27-13-8-18-32-24-11-14-31(15-12-24)20-22-9-6-5-7-10-22;/h5-7,9-10,23-24H,4,8,11-21H2,1-3H3,(H2,26,27,28);1H. The van der Waals surface area contributed by atoms with Gasteiger partial charge in [-0.3, -0.25) is 14.8 Å². The zero-order chi connectivity index (χ0) is 22.6. The summed E-state index contributed by atoms with van der Waals surface area (Å²) in [6.07, 6.45) is 3.67. The number of halogens is 1. The molecule has 1 unspecified atom stereocenters. The minimum Gasteiger partial charge on any atom is -0.378 e. The third-order valence-electron chi connectivity index (χ3n) is 6.54. The number of benzene rings is 1. The molecule has 2 N–H and O–H groups in total. The Labute approximate surface area is 218 Å². The van der Waals surface area contributed by atoms with Crippen LogP contribution in [0.25, 0.3) is 0 Å². The third-order valence-corrected chi connectivity index (χ3v) is 6.54. The van der Waals surface area contributed by atoms with Crippen molar-refractivity contribution in [3.8, 4) is 0 Å². The zero-order valence-corrected chi connectivity index (χ0v) is 23.2. The Morgan fingerprint density at radius 1 is 1.06 bits per heavy atom. The maximum absolute atomic E-state index is 6.17. The molecule has 0 aliphatic carbocycles. The van der Waals surface area contributed by atoms with E-state index >= 15 is 0 Å². The van der Waals surface area contributed by atoms with Gasteiger partial charge >= 0.3 is 0 Å². The van der Waals surface area contributed by atoms with E-state index in [1.165, 1.54) is 5.56 Å². The van der Waals surface area contributed by atoms with E-state index in [4.69, 9.17) is 9.73 Å². The number of nitrogens with one attached hydrogen (secondary N) is 2. The number of likely N-dealkylation sites (N-methyl/N-ethyl adjacent to an activating group) is 2. The first kappa shape index (κ1) is 28.3. The van der Waals surface area contributed by atoms with Crippen LogP contribution in [0.3, 0.4) is 0 Å². The average molecular weight is 573 g/mol. The van der Waals surface area contributed by atoms with Crippen LogP contribution in [-0.2, 0) is 11.3 Å². The second-order valence-electron chi connectivity index (χ2n) is 9.23. The fourth-order valence-electron chi connectivity index (χ4n) is 4.44. The fraction of sp³-hybridized carbons (Fsp3) is 0.720. The van der Waals surface area contributed by atoms with Gasteiger partial charge in [-0.15, -0.1) is 24.0 Å². The molecule has 0 radical (unpaired) electrons. The molecule has 2 fully saturated rings. The van der Waals surface area contributed by atoms with Crippen LogP contribution in [-0.4, -0.2) is 106 Å². The van der Waals surface area contributed by atoms with E-state index in [1.807, 2.05) is 0 Å². The van der Waals surface area contributed by atoms with E-state index in [2.05, 4.69) is 76.7 Å². The highest BCUT2D eigenvalue weighted by Crippen LogP contribution is 2.16. The topological polar surface area (TPSA) is 55.4 Å². The summed E-state index contributed by atoms with van der Waals surface area (Å²) in [6, 6.07) is 11.2. The normalized spacial score (nSPS) is 21.5. The Kier molecular flexibility index (Phi) is 13.6. The molecule has 7 nitrogen and oxygen atoms in total. The summed E-state index contributed by atoms with van der Waals surface area (Å²) in [6.45, 7) is 12.2. The summed E-state index contributed by atoms with van der Waals surface area (Å²) < 4.78 is 6.17. The second kappa shape index (κ2) is 15.9. The molecule has 0 bridgehead atoms. The average Bonchev–Trinajstić information content (AvgIpc) is 2.81. The summed E-state index contributed by atoms with van der Waals surface area (Å²) in [7, 11) is 4.40. The predicted octanol–water partition coefficient (Wildman–Crippen LogP) is 2.48. The molecule has 1 aromatic carbocycles. The van der Waals surface area contributed by atoms with Gasteiger partial charge in [-0.05, 0) is 45.8 Å². The Morgan fingerprint density at radius 3 is 2.55 bits per heavy atom. The van der Waals surface area contributed by atoms with Crippen molar-refractivity contribution in [1.82, 2.24) is 25.3 Å². The maximum atomic E-state index is 6.17. The number of rotatable bonds is 10. The smallest absolute Gasteiger partial charge is 0.191 e. The van der Waals surface area contributed by atoms with Crippen LogP contribution in [0.1, 0.15) is 31.7 Å². The predicted molar refractivity (Wildman–Crippen MR) is 149 cm³/mol. The number of guanidine groups is 1. The van der Waals surface area contributed by atoms with Crippen LogP contribution in [0.15, 0.2) is 35.3 Å². The van der Waals surface area contributed by atoms with Gasteiger partial charge in [0, 0.05) is 65.0 Å². The van der Waals surface area contributed by atoms with E-state index in [-0.39, 0.29) is 24.0 Å². The van der Waals surface area contributed by atoms with Crippen LogP contribution < -0.4 is 10.6 Å². The maximum Gasteiger partial charge on any atom is 0.191 e. The van der Waals surface area contributed by atoms with Crippen molar-refractivity contribution in [1.29, 1.82) is 0 Å².